The van der Waals surface area contributed by atoms with E-state index in [0.717, 1.165) is 27.0 Å². The van der Waals surface area contributed by atoms with E-state index in [2.05, 4.69) is 22.6 Å². The van der Waals surface area contributed by atoms with Gasteiger partial charge < -0.3 is 5.32 Å². The molecule has 1 unspecified atom stereocenters. The van der Waals surface area contributed by atoms with Crippen LogP contribution in [0.25, 0.3) is 0 Å². The molecule has 90 valence electrons. The lowest BCUT2D eigenvalue weighted by atomic mass is 10.1. The molecule has 0 saturated carbocycles. The number of nitrogens with one attached hydrogen (secondary N) is 1. The molecular weight excluding hydrogens is 252 g/mol. The third-order valence-electron chi connectivity index (χ3n) is 2.66. The van der Waals surface area contributed by atoms with Gasteiger partial charge in [-0.15, -0.1) is 11.3 Å². The van der Waals surface area contributed by atoms with E-state index in [1.807, 2.05) is 32.0 Å². The number of rotatable bonds is 3. The number of hydrogen-bond acceptors (Lipinski definition) is 3. The van der Waals surface area contributed by atoms with Crippen molar-refractivity contribution >= 4 is 28.6 Å². The third-order valence-corrected chi connectivity index (χ3v) is 3.77. The summed E-state index contributed by atoms with van der Waals surface area (Å²) in [7, 11) is 0. The molecule has 0 aliphatic heterocycles. The molecule has 0 amide bonds. The van der Waals surface area contributed by atoms with Crippen molar-refractivity contribution in [3.05, 3.63) is 44.9 Å². The number of thiazole rings is 1. The number of aromatic nitrogens is 1. The molecule has 1 aromatic heterocycles. The fraction of sp³-hybridized carbons (Fsp3) is 0.308. The van der Waals surface area contributed by atoms with Crippen LogP contribution in [-0.2, 0) is 0 Å². The molecule has 1 aromatic carbocycles. The maximum Gasteiger partial charge on any atom is 0.0898 e. The zero-order valence-electron chi connectivity index (χ0n) is 10.1. The van der Waals surface area contributed by atoms with Crippen molar-refractivity contribution in [3.8, 4) is 0 Å². The second-order valence-electron chi connectivity index (χ2n) is 4.09. The Labute approximate surface area is 111 Å². The average molecular weight is 267 g/mol. The number of hydrogen-bond donors (Lipinski definition) is 1. The van der Waals surface area contributed by atoms with Crippen LogP contribution in [0.1, 0.15) is 29.2 Å². The zero-order valence-corrected chi connectivity index (χ0v) is 11.7. The summed E-state index contributed by atoms with van der Waals surface area (Å²) < 4.78 is 0. The van der Waals surface area contributed by atoms with Gasteiger partial charge in [0.15, 0.2) is 0 Å². The Morgan fingerprint density at radius 1 is 1.35 bits per heavy atom. The Balaban J connectivity index is 2.21. The van der Waals surface area contributed by atoms with E-state index in [1.165, 1.54) is 0 Å². The number of anilines is 1. The topological polar surface area (TPSA) is 24.9 Å². The van der Waals surface area contributed by atoms with Gasteiger partial charge in [-0.1, -0.05) is 23.7 Å². The predicted molar refractivity (Wildman–Crippen MR) is 75.1 cm³/mol. The molecule has 0 saturated heterocycles. The zero-order chi connectivity index (χ0) is 12.4. The third kappa shape index (κ3) is 2.79. The van der Waals surface area contributed by atoms with Crippen LogP contribution in [0.15, 0.2) is 23.6 Å². The van der Waals surface area contributed by atoms with Crippen LogP contribution >= 0.6 is 22.9 Å². The Morgan fingerprint density at radius 2 is 2.12 bits per heavy atom. The predicted octanol–water partition coefficient (Wildman–Crippen LogP) is 4.59. The van der Waals surface area contributed by atoms with Gasteiger partial charge in [0.25, 0.3) is 0 Å². The number of aryl methyl sites for hydroxylation is 2. The highest BCUT2D eigenvalue weighted by Crippen LogP contribution is 2.29. The summed E-state index contributed by atoms with van der Waals surface area (Å²) in [5.74, 6) is 0. The molecule has 17 heavy (non-hydrogen) atoms. The highest BCUT2D eigenvalue weighted by Gasteiger charge is 2.11. The molecule has 0 spiro atoms. The van der Waals surface area contributed by atoms with Crippen molar-refractivity contribution in [1.82, 2.24) is 4.98 Å². The Bertz CT molecular complexity index is 502. The molecule has 1 atom stereocenters. The maximum atomic E-state index is 6.19. The van der Waals surface area contributed by atoms with Gasteiger partial charge in [-0.2, -0.15) is 0 Å². The van der Waals surface area contributed by atoms with Gasteiger partial charge in [0, 0.05) is 5.38 Å². The van der Waals surface area contributed by atoms with Gasteiger partial charge in [0.2, 0.25) is 0 Å². The normalized spacial score (nSPS) is 12.5. The standard InChI is InChI=1S/C13H15ClN2S/c1-8-5-4-6-11(14)13(8)15-9(2)12-7-17-10(3)16-12/h4-7,9,15H,1-3H3. The molecule has 2 rings (SSSR count). The van der Waals surface area contributed by atoms with E-state index < -0.39 is 0 Å². The summed E-state index contributed by atoms with van der Waals surface area (Å²) in [6, 6.07) is 6.07. The fourth-order valence-electron chi connectivity index (χ4n) is 1.68. The molecule has 1 N–H and O–H groups in total. The van der Waals surface area contributed by atoms with Gasteiger partial charge in [0.1, 0.15) is 0 Å². The summed E-state index contributed by atoms with van der Waals surface area (Å²) in [6.45, 7) is 6.16. The van der Waals surface area contributed by atoms with Crippen molar-refractivity contribution in [2.45, 2.75) is 26.8 Å². The lowest BCUT2D eigenvalue weighted by Crippen LogP contribution is -2.08. The first-order valence-electron chi connectivity index (χ1n) is 5.51. The van der Waals surface area contributed by atoms with Crippen molar-refractivity contribution in [1.29, 1.82) is 0 Å². The van der Waals surface area contributed by atoms with Crippen molar-refractivity contribution in [3.63, 3.8) is 0 Å². The molecule has 1 heterocycles. The SMILES string of the molecule is Cc1nc(C(C)Nc2c(C)cccc2Cl)cs1. The first-order valence-corrected chi connectivity index (χ1v) is 6.77. The fourth-order valence-corrected chi connectivity index (χ4v) is 2.67. The van der Waals surface area contributed by atoms with Crippen LogP contribution in [0.4, 0.5) is 5.69 Å². The van der Waals surface area contributed by atoms with Crippen LogP contribution < -0.4 is 5.32 Å². The molecular formula is C13H15ClN2S. The molecule has 0 fully saturated rings. The number of halogens is 1. The minimum absolute atomic E-state index is 0.165. The quantitative estimate of drug-likeness (QED) is 0.879. The highest BCUT2D eigenvalue weighted by molar-refractivity contribution is 7.09. The van der Waals surface area contributed by atoms with Crippen LogP contribution in [0.3, 0.4) is 0 Å². The summed E-state index contributed by atoms with van der Waals surface area (Å²) in [5, 5.41) is 7.34. The number of benzene rings is 1. The first kappa shape index (κ1) is 12.4. The second kappa shape index (κ2) is 5.07. The van der Waals surface area contributed by atoms with E-state index in [1.54, 1.807) is 11.3 Å². The van der Waals surface area contributed by atoms with E-state index >= 15 is 0 Å². The van der Waals surface area contributed by atoms with Crippen LogP contribution in [-0.4, -0.2) is 4.98 Å². The minimum Gasteiger partial charge on any atom is -0.375 e. The highest BCUT2D eigenvalue weighted by atomic mass is 35.5. The van der Waals surface area contributed by atoms with Crippen molar-refractivity contribution in [2.75, 3.05) is 5.32 Å². The Morgan fingerprint density at radius 3 is 2.71 bits per heavy atom. The average Bonchev–Trinajstić information content (AvgIpc) is 2.70. The number of para-hydroxylation sites is 1. The molecule has 0 aliphatic rings. The number of nitrogens with zero attached hydrogens (tertiary/aromatic N) is 1. The van der Waals surface area contributed by atoms with E-state index in [9.17, 15) is 0 Å². The maximum absolute atomic E-state index is 6.19. The first-order chi connectivity index (χ1) is 8.08. The van der Waals surface area contributed by atoms with E-state index in [0.29, 0.717) is 0 Å². The lowest BCUT2D eigenvalue weighted by Gasteiger charge is -2.16. The van der Waals surface area contributed by atoms with Gasteiger partial charge in [0.05, 0.1) is 27.5 Å². The monoisotopic (exact) mass is 266 g/mol. The van der Waals surface area contributed by atoms with Crippen molar-refractivity contribution in [2.24, 2.45) is 0 Å². The molecule has 2 nitrogen and oxygen atoms in total. The Kier molecular flexibility index (Phi) is 3.69. The molecule has 0 radical (unpaired) electrons. The second-order valence-corrected chi connectivity index (χ2v) is 5.56. The largest absolute Gasteiger partial charge is 0.375 e. The molecule has 0 bridgehead atoms. The lowest BCUT2D eigenvalue weighted by molar-refractivity contribution is 0.844. The minimum atomic E-state index is 0.165. The summed E-state index contributed by atoms with van der Waals surface area (Å²) in [6.07, 6.45) is 0. The summed E-state index contributed by atoms with van der Waals surface area (Å²) in [5.41, 5.74) is 3.20. The van der Waals surface area contributed by atoms with E-state index in [-0.39, 0.29) is 6.04 Å². The van der Waals surface area contributed by atoms with Gasteiger partial charge in [-0.25, -0.2) is 4.98 Å². The van der Waals surface area contributed by atoms with Gasteiger partial charge >= 0.3 is 0 Å². The summed E-state index contributed by atoms with van der Waals surface area (Å²) in [4.78, 5) is 4.48. The van der Waals surface area contributed by atoms with Crippen LogP contribution in [0, 0.1) is 13.8 Å². The van der Waals surface area contributed by atoms with Crippen LogP contribution in [0.2, 0.25) is 5.02 Å². The van der Waals surface area contributed by atoms with Gasteiger partial charge in [-0.05, 0) is 32.4 Å². The molecule has 0 aliphatic carbocycles. The summed E-state index contributed by atoms with van der Waals surface area (Å²) >= 11 is 7.85. The van der Waals surface area contributed by atoms with Gasteiger partial charge in [-0.3, -0.25) is 0 Å². The van der Waals surface area contributed by atoms with Crippen molar-refractivity contribution < 1.29 is 0 Å². The smallest absolute Gasteiger partial charge is 0.0898 e. The van der Waals surface area contributed by atoms with E-state index in [4.69, 9.17) is 11.6 Å². The molecule has 4 heteroatoms. The van der Waals surface area contributed by atoms with Crippen LogP contribution in [0.5, 0.6) is 0 Å². The Hall–Kier alpha value is -1.06. The molecule has 2 aromatic rings.